The Hall–Kier alpha value is -2.77. The number of halogens is 3. The number of carbonyl (C=O) groups is 1. The quantitative estimate of drug-likeness (QED) is 0.333. The van der Waals surface area contributed by atoms with Crippen molar-refractivity contribution in [3.05, 3.63) is 63.4 Å². The lowest BCUT2D eigenvalue weighted by Crippen LogP contribution is -2.16. The topological polar surface area (TPSA) is 93.5 Å². The fourth-order valence-corrected chi connectivity index (χ4v) is 2.50. The third-order valence-corrected chi connectivity index (χ3v) is 4.34. The van der Waals surface area contributed by atoms with Gasteiger partial charge >= 0.3 is 11.8 Å². The Labute approximate surface area is 167 Å². The molecule has 0 saturated carbocycles. The summed E-state index contributed by atoms with van der Waals surface area (Å²) in [6, 6.07) is 1.24. The minimum absolute atomic E-state index is 0.0906. The van der Waals surface area contributed by atoms with Gasteiger partial charge in [-0.05, 0) is 44.9 Å². The molecule has 0 aromatic carbocycles. The van der Waals surface area contributed by atoms with Gasteiger partial charge in [-0.3, -0.25) is 4.79 Å². The van der Waals surface area contributed by atoms with E-state index in [2.05, 4.69) is 0 Å². The van der Waals surface area contributed by atoms with E-state index in [1.807, 2.05) is 6.92 Å². The van der Waals surface area contributed by atoms with E-state index in [0.29, 0.717) is 18.4 Å². The Balaban J connectivity index is 3.00. The van der Waals surface area contributed by atoms with E-state index in [-0.39, 0.29) is 23.7 Å². The second-order valence-corrected chi connectivity index (χ2v) is 6.91. The third kappa shape index (κ3) is 8.01. The second kappa shape index (κ2) is 10.7. The summed E-state index contributed by atoms with van der Waals surface area (Å²) in [7, 11) is 0. The SMILES string of the molecule is C/C(=C/C=C(\C)C(=O)c1c(O)cc(C(C)CC/C=C/N)oc1=O)CCC(F)(F)F. The Kier molecular flexibility index (Phi) is 8.94. The standard InChI is InChI=1S/C21H26F3NO4/c1-13(9-10-21(22,23)24)7-8-15(3)19(27)18-16(26)12-17(29-20(18)28)14(2)6-4-5-11-25/h5,7-8,11-12,14,26H,4,6,9-10,25H2,1-3H3/b11-5+,13-7-,15-8+. The molecule has 8 heteroatoms. The summed E-state index contributed by atoms with van der Waals surface area (Å²) in [5.41, 5.74) is 4.33. The minimum atomic E-state index is -4.26. The number of nitrogens with two attached hydrogens (primary N) is 1. The molecule has 1 rings (SSSR count). The first-order chi connectivity index (χ1) is 13.5. The van der Waals surface area contributed by atoms with Crippen LogP contribution in [0.1, 0.15) is 68.5 Å². The summed E-state index contributed by atoms with van der Waals surface area (Å²) >= 11 is 0. The lowest BCUT2D eigenvalue weighted by Gasteiger charge is -2.11. The van der Waals surface area contributed by atoms with Crippen LogP contribution in [0.2, 0.25) is 0 Å². The lowest BCUT2D eigenvalue weighted by molar-refractivity contribution is -0.133. The van der Waals surface area contributed by atoms with Gasteiger partial charge in [0, 0.05) is 18.4 Å². The van der Waals surface area contributed by atoms with Crippen LogP contribution < -0.4 is 11.4 Å². The molecule has 0 bridgehead atoms. The van der Waals surface area contributed by atoms with Crippen LogP contribution in [0.3, 0.4) is 0 Å². The number of Topliss-reactive ketones (excluding diaryl/α,β-unsaturated/α-hetero) is 1. The van der Waals surface area contributed by atoms with Crippen molar-refractivity contribution < 1.29 is 27.5 Å². The highest BCUT2D eigenvalue weighted by Gasteiger charge is 2.26. The van der Waals surface area contributed by atoms with E-state index in [4.69, 9.17) is 10.2 Å². The Bertz CT molecular complexity index is 864. The highest BCUT2D eigenvalue weighted by Crippen LogP contribution is 2.26. The van der Waals surface area contributed by atoms with Crippen LogP contribution in [-0.4, -0.2) is 17.1 Å². The van der Waals surface area contributed by atoms with Crippen molar-refractivity contribution in [1.29, 1.82) is 0 Å². The summed E-state index contributed by atoms with van der Waals surface area (Å²) in [4.78, 5) is 24.7. The van der Waals surface area contributed by atoms with Gasteiger partial charge in [0.25, 0.3) is 0 Å². The van der Waals surface area contributed by atoms with Crippen LogP contribution in [0.5, 0.6) is 5.75 Å². The predicted molar refractivity (Wildman–Crippen MR) is 105 cm³/mol. The fourth-order valence-electron chi connectivity index (χ4n) is 2.50. The molecule has 0 aliphatic carbocycles. The Morgan fingerprint density at radius 1 is 1.31 bits per heavy atom. The first-order valence-corrected chi connectivity index (χ1v) is 9.15. The maximum absolute atomic E-state index is 12.5. The molecule has 29 heavy (non-hydrogen) atoms. The fraction of sp³-hybridized carbons (Fsp3) is 0.429. The largest absolute Gasteiger partial charge is 0.507 e. The predicted octanol–water partition coefficient (Wildman–Crippen LogP) is 5.12. The summed E-state index contributed by atoms with van der Waals surface area (Å²) in [6.45, 7) is 4.73. The number of alkyl halides is 3. The molecule has 5 nitrogen and oxygen atoms in total. The van der Waals surface area contributed by atoms with E-state index in [1.54, 1.807) is 6.08 Å². The minimum Gasteiger partial charge on any atom is -0.507 e. The van der Waals surface area contributed by atoms with Crippen LogP contribution >= 0.6 is 0 Å². The molecular formula is C21H26F3NO4. The number of rotatable bonds is 9. The van der Waals surface area contributed by atoms with E-state index < -0.39 is 35.3 Å². The molecular weight excluding hydrogens is 387 g/mol. The number of hydrogen-bond acceptors (Lipinski definition) is 5. The van der Waals surface area contributed by atoms with Gasteiger partial charge in [-0.1, -0.05) is 30.7 Å². The van der Waals surface area contributed by atoms with Gasteiger partial charge in [-0.15, -0.1) is 0 Å². The molecule has 0 aliphatic heterocycles. The number of carbonyl (C=O) groups excluding carboxylic acids is 1. The third-order valence-electron chi connectivity index (χ3n) is 4.34. The summed E-state index contributed by atoms with van der Waals surface area (Å²) in [6.07, 6.45) is 1.76. The highest BCUT2D eigenvalue weighted by molar-refractivity contribution is 6.09. The van der Waals surface area contributed by atoms with Gasteiger partial charge in [0.1, 0.15) is 17.1 Å². The van der Waals surface area contributed by atoms with Gasteiger partial charge in [0.2, 0.25) is 0 Å². The molecule has 0 spiro atoms. The first-order valence-electron chi connectivity index (χ1n) is 9.15. The van der Waals surface area contributed by atoms with E-state index in [9.17, 15) is 27.9 Å². The van der Waals surface area contributed by atoms with Crippen molar-refractivity contribution in [3.63, 3.8) is 0 Å². The maximum Gasteiger partial charge on any atom is 0.389 e. The van der Waals surface area contributed by atoms with Gasteiger partial charge in [0.15, 0.2) is 5.78 Å². The van der Waals surface area contributed by atoms with Gasteiger partial charge in [-0.25, -0.2) is 4.79 Å². The van der Waals surface area contributed by atoms with Crippen molar-refractivity contribution >= 4 is 5.78 Å². The molecule has 0 aliphatic rings. The lowest BCUT2D eigenvalue weighted by atomic mass is 9.99. The molecule has 1 atom stereocenters. The number of aromatic hydroxyl groups is 1. The van der Waals surface area contributed by atoms with E-state index in [0.717, 1.165) is 0 Å². The molecule has 1 heterocycles. The zero-order valence-electron chi connectivity index (χ0n) is 16.7. The monoisotopic (exact) mass is 413 g/mol. The average molecular weight is 413 g/mol. The van der Waals surface area contributed by atoms with Crippen molar-refractivity contribution in [3.8, 4) is 5.75 Å². The molecule has 1 unspecified atom stereocenters. The van der Waals surface area contributed by atoms with Crippen LogP contribution in [0.15, 0.2) is 50.9 Å². The number of hydrogen-bond donors (Lipinski definition) is 2. The normalized spacial score (nSPS) is 14.4. The van der Waals surface area contributed by atoms with Crippen molar-refractivity contribution in [1.82, 2.24) is 0 Å². The molecule has 0 radical (unpaired) electrons. The van der Waals surface area contributed by atoms with Crippen LogP contribution in [-0.2, 0) is 0 Å². The Morgan fingerprint density at radius 3 is 2.52 bits per heavy atom. The second-order valence-electron chi connectivity index (χ2n) is 6.91. The van der Waals surface area contributed by atoms with Crippen molar-refractivity contribution in [2.45, 2.75) is 58.5 Å². The number of ketones is 1. The van der Waals surface area contributed by atoms with Gasteiger partial charge in [-0.2, -0.15) is 13.2 Å². The van der Waals surface area contributed by atoms with Gasteiger partial charge < -0.3 is 15.3 Å². The van der Waals surface area contributed by atoms with E-state index in [1.165, 1.54) is 38.3 Å². The molecule has 160 valence electrons. The zero-order chi connectivity index (χ0) is 22.2. The first kappa shape index (κ1) is 24.3. The highest BCUT2D eigenvalue weighted by atomic mass is 19.4. The number of allylic oxidation sites excluding steroid dienone is 5. The van der Waals surface area contributed by atoms with Crippen molar-refractivity contribution in [2.75, 3.05) is 0 Å². The smallest absolute Gasteiger partial charge is 0.389 e. The molecule has 0 saturated heterocycles. The molecule has 0 fully saturated rings. The van der Waals surface area contributed by atoms with Crippen molar-refractivity contribution in [2.24, 2.45) is 5.73 Å². The molecule has 0 amide bonds. The van der Waals surface area contributed by atoms with Gasteiger partial charge in [0.05, 0.1) is 0 Å². The maximum atomic E-state index is 12.5. The molecule has 1 aromatic rings. The Morgan fingerprint density at radius 2 is 1.97 bits per heavy atom. The van der Waals surface area contributed by atoms with Crippen LogP contribution in [0.4, 0.5) is 13.2 Å². The summed E-state index contributed by atoms with van der Waals surface area (Å²) in [5.74, 6) is -1.17. The van der Waals surface area contributed by atoms with E-state index >= 15 is 0 Å². The average Bonchev–Trinajstić information content (AvgIpc) is 2.63. The zero-order valence-corrected chi connectivity index (χ0v) is 16.7. The summed E-state index contributed by atoms with van der Waals surface area (Å²) < 4.78 is 41.9. The summed E-state index contributed by atoms with van der Waals surface area (Å²) in [5, 5.41) is 10.2. The molecule has 3 N–H and O–H groups in total. The molecule has 1 aromatic heterocycles. The van der Waals surface area contributed by atoms with Crippen LogP contribution in [0.25, 0.3) is 0 Å². The van der Waals surface area contributed by atoms with Crippen LogP contribution in [0, 0.1) is 0 Å².